The summed E-state index contributed by atoms with van der Waals surface area (Å²) in [4.78, 5) is 63.5. The van der Waals surface area contributed by atoms with Gasteiger partial charge in [-0.3, -0.25) is 19.2 Å². The normalized spacial score (nSPS) is 21.0. The fourth-order valence-corrected chi connectivity index (χ4v) is 8.35. The molecule has 4 aromatic rings. The molecule has 4 amide bonds. The molecule has 0 aliphatic carbocycles. The van der Waals surface area contributed by atoms with Crippen LogP contribution in [-0.4, -0.2) is 123 Å². The first-order chi connectivity index (χ1) is 27.7. The first-order valence-electron chi connectivity index (χ1n) is 19.9. The first kappa shape index (κ1) is 42.3. The number of hydrogen-bond donors (Lipinski definition) is 8. The minimum atomic E-state index is -0.878. The lowest BCUT2D eigenvalue weighted by Gasteiger charge is -2.30. The maximum Gasteiger partial charge on any atom is 0.267 e. The van der Waals surface area contributed by atoms with Crippen molar-refractivity contribution in [3.05, 3.63) is 71.4 Å². The monoisotopic (exact) mass is 804 g/mol. The predicted octanol–water partition coefficient (Wildman–Crippen LogP) is 2.73. The average molecular weight is 805 g/mol. The Morgan fingerprint density at radius 2 is 1.24 bits per heavy atom. The van der Waals surface area contributed by atoms with Crippen LogP contribution in [-0.2, 0) is 32.0 Å². The molecular formula is C42H54F2N8O6. The number of H-pyrrole nitrogens is 2. The zero-order valence-electron chi connectivity index (χ0n) is 33.5. The van der Waals surface area contributed by atoms with E-state index in [-0.39, 0.29) is 62.2 Å². The number of amides is 4. The Morgan fingerprint density at radius 1 is 0.793 bits per heavy atom. The standard InChI is InChI=1S/C42H54F2N8O6/c1-7-33(49-39(55)21(3)45-5)41(57)51-19-27(53)15-25(51)17-31-29-11-9-23(43)13-35(29)47-37(31)38-32(30-12-10-24(44)14-36(30)48-38)18-26-16-28(54)20-52(26)42(58)34(8-2)50-40(56)22(4)46-6/h9-14,22,25-28,33-34,45-48,53-54H,3,7-8,15-20H2,1-2,4-6H3,(H,49,55)(H,50,56)/t22-,25-,26-,27-,28-,33-,34-/m0/s1. The molecule has 0 bridgehead atoms. The summed E-state index contributed by atoms with van der Waals surface area (Å²) in [6.07, 6.45) is -0.0410. The van der Waals surface area contributed by atoms with Gasteiger partial charge in [-0.15, -0.1) is 0 Å². The number of likely N-dealkylation sites (tertiary alicyclic amines) is 2. The maximum absolute atomic E-state index is 14.8. The van der Waals surface area contributed by atoms with Crippen LogP contribution >= 0.6 is 0 Å². The Balaban J connectivity index is 1.40. The molecule has 2 fully saturated rings. The maximum atomic E-state index is 14.8. The average Bonchev–Trinajstić information content (AvgIpc) is 3.96. The molecule has 8 N–H and O–H groups in total. The van der Waals surface area contributed by atoms with Crippen LogP contribution in [0.2, 0.25) is 0 Å². The van der Waals surface area contributed by atoms with Gasteiger partial charge in [-0.2, -0.15) is 0 Å². The third-order valence-corrected chi connectivity index (χ3v) is 11.7. The molecule has 0 radical (unpaired) electrons. The Kier molecular flexibility index (Phi) is 12.9. The molecule has 6 rings (SSSR count). The molecule has 0 unspecified atom stereocenters. The molecule has 312 valence electrons. The van der Waals surface area contributed by atoms with Gasteiger partial charge in [-0.05, 0) is 100 Å². The van der Waals surface area contributed by atoms with E-state index in [1.54, 1.807) is 56.8 Å². The fraction of sp³-hybridized carbons (Fsp3) is 0.476. The number of carbonyl (C=O) groups excluding carboxylic acids is 4. The van der Waals surface area contributed by atoms with Crippen LogP contribution in [0, 0.1) is 11.6 Å². The van der Waals surface area contributed by atoms with Crippen molar-refractivity contribution >= 4 is 45.4 Å². The molecule has 0 spiro atoms. The van der Waals surface area contributed by atoms with Crippen LogP contribution in [0.4, 0.5) is 8.78 Å². The van der Waals surface area contributed by atoms with Crippen LogP contribution in [0.25, 0.3) is 33.2 Å². The first-order valence-corrected chi connectivity index (χ1v) is 19.9. The third-order valence-electron chi connectivity index (χ3n) is 11.7. The number of halogens is 2. The Morgan fingerprint density at radius 3 is 1.66 bits per heavy atom. The van der Waals surface area contributed by atoms with Crippen molar-refractivity contribution in [3.63, 3.8) is 0 Å². The predicted molar refractivity (Wildman–Crippen MR) is 216 cm³/mol. The Hall–Kier alpha value is -5.32. The molecule has 58 heavy (non-hydrogen) atoms. The van der Waals surface area contributed by atoms with E-state index in [1.165, 1.54) is 24.3 Å². The lowest BCUT2D eigenvalue weighted by atomic mass is 9.94. The molecule has 7 atom stereocenters. The molecule has 2 aromatic heterocycles. The topological polar surface area (TPSA) is 195 Å². The fourth-order valence-electron chi connectivity index (χ4n) is 8.35. The lowest BCUT2D eigenvalue weighted by molar-refractivity contribution is -0.137. The molecule has 4 heterocycles. The summed E-state index contributed by atoms with van der Waals surface area (Å²) in [6.45, 7) is 9.07. The molecule has 16 heteroatoms. The molecule has 2 aromatic carbocycles. The zero-order valence-corrected chi connectivity index (χ0v) is 33.5. The number of carbonyl (C=O) groups is 4. The minimum Gasteiger partial charge on any atom is -0.391 e. The lowest BCUT2D eigenvalue weighted by Crippen LogP contribution is -2.53. The second kappa shape index (κ2) is 17.7. The summed E-state index contributed by atoms with van der Waals surface area (Å²) in [5, 5.41) is 34.4. The Bertz CT molecular complexity index is 2200. The van der Waals surface area contributed by atoms with Gasteiger partial charge in [0.15, 0.2) is 0 Å². The van der Waals surface area contributed by atoms with E-state index in [4.69, 9.17) is 0 Å². The van der Waals surface area contributed by atoms with E-state index in [9.17, 15) is 38.2 Å². The van der Waals surface area contributed by atoms with Crippen LogP contribution in [0.5, 0.6) is 0 Å². The minimum absolute atomic E-state index is 0.0486. The second-order valence-corrected chi connectivity index (χ2v) is 15.5. The van der Waals surface area contributed by atoms with Crippen molar-refractivity contribution in [2.75, 3.05) is 27.2 Å². The Labute approximate surface area is 335 Å². The van der Waals surface area contributed by atoms with Gasteiger partial charge in [0, 0.05) is 54.0 Å². The number of likely N-dealkylation sites (N-methyl/N-ethyl adjacent to an activating group) is 2. The quantitative estimate of drug-likeness (QED) is 0.0841. The van der Waals surface area contributed by atoms with Crippen molar-refractivity contribution in [1.29, 1.82) is 0 Å². The van der Waals surface area contributed by atoms with Crippen LogP contribution in [0.3, 0.4) is 0 Å². The number of nitrogens with zero attached hydrogens (tertiary/aromatic N) is 2. The van der Waals surface area contributed by atoms with Crippen LogP contribution < -0.4 is 21.3 Å². The van der Waals surface area contributed by atoms with Gasteiger partial charge in [-0.25, -0.2) is 8.78 Å². The summed E-state index contributed by atoms with van der Waals surface area (Å²) in [7, 11) is 3.21. The third kappa shape index (κ3) is 8.59. The van der Waals surface area contributed by atoms with Crippen molar-refractivity contribution < 1.29 is 38.2 Å². The van der Waals surface area contributed by atoms with Crippen molar-refractivity contribution in [2.24, 2.45) is 0 Å². The van der Waals surface area contributed by atoms with Gasteiger partial charge in [0.1, 0.15) is 23.7 Å². The number of rotatable bonds is 15. The highest BCUT2D eigenvalue weighted by Crippen LogP contribution is 2.40. The highest BCUT2D eigenvalue weighted by molar-refractivity contribution is 5.98. The molecule has 2 aliphatic heterocycles. The van der Waals surface area contributed by atoms with Gasteiger partial charge in [-0.1, -0.05) is 20.4 Å². The summed E-state index contributed by atoms with van der Waals surface area (Å²) < 4.78 is 29.6. The number of hydrogen-bond acceptors (Lipinski definition) is 8. The van der Waals surface area contributed by atoms with E-state index in [1.807, 2.05) is 0 Å². The number of aliphatic hydroxyl groups is 2. The van der Waals surface area contributed by atoms with E-state index in [0.717, 1.165) is 5.56 Å². The largest absolute Gasteiger partial charge is 0.391 e. The molecule has 14 nitrogen and oxygen atoms in total. The SMILES string of the molecule is C=C(NC)C(=O)N[C@@H](CC)C(=O)N1C[C@@H](O)C[C@H]1Cc1c(-c2[nH]c3cc(F)ccc3c2C[C@@H]2C[C@H](O)CN2C(=O)[C@H](CC)NC(=O)[C@H](C)NC)[nH]c2cc(F)ccc12. The van der Waals surface area contributed by atoms with E-state index >= 15 is 0 Å². The molecular weight excluding hydrogens is 751 g/mol. The van der Waals surface area contributed by atoms with E-state index in [2.05, 4.69) is 37.8 Å². The molecule has 0 saturated carbocycles. The number of benzene rings is 2. The highest BCUT2D eigenvalue weighted by atomic mass is 19.1. The van der Waals surface area contributed by atoms with Crippen molar-refractivity contribution in [3.8, 4) is 11.4 Å². The highest BCUT2D eigenvalue weighted by Gasteiger charge is 2.40. The number of nitrogens with one attached hydrogen (secondary N) is 6. The van der Waals surface area contributed by atoms with E-state index in [0.29, 0.717) is 51.6 Å². The summed E-state index contributed by atoms with van der Waals surface area (Å²) in [6, 6.07) is 5.51. The smallest absolute Gasteiger partial charge is 0.267 e. The van der Waals surface area contributed by atoms with Crippen LogP contribution in [0.1, 0.15) is 57.6 Å². The van der Waals surface area contributed by atoms with Crippen molar-refractivity contribution in [1.82, 2.24) is 41.0 Å². The summed E-state index contributed by atoms with van der Waals surface area (Å²) in [5.74, 6) is -2.47. The van der Waals surface area contributed by atoms with Gasteiger partial charge < -0.3 is 51.2 Å². The zero-order chi connectivity index (χ0) is 42.0. The van der Waals surface area contributed by atoms with Crippen molar-refractivity contribution in [2.45, 2.75) is 102 Å². The number of aromatic nitrogens is 2. The second-order valence-electron chi connectivity index (χ2n) is 15.5. The number of aromatic amines is 2. The summed E-state index contributed by atoms with van der Waals surface area (Å²) in [5.41, 5.74) is 3.62. The summed E-state index contributed by atoms with van der Waals surface area (Å²) >= 11 is 0. The van der Waals surface area contributed by atoms with Gasteiger partial charge in [0.25, 0.3) is 5.91 Å². The molecule has 2 saturated heterocycles. The number of aliphatic hydroxyl groups excluding tert-OH is 2. The number of β-amino-alcohol motifs (C(OH)–C–C–N with tert-alkyl or cyclic N) is 2. The van der Waals surface area contributed by atoms with Gasteiger partial charge in [0.2, 0.25) is 17.7 Å². The van der Waals surface area contributed by atoms with E-state index < -0.39 is 60.0 Å². The van der Waals surface area contributed by atoms with Crippen LogP contribution in [0.15, 0.2) is 48.7 Å². The molecule has 2 aliphatic rings. The van der Waals surface area contributed by atoms with Gasteiger partial charge in [0.05, 0.1) is 35.3 Å². The number of fused-ring (bicyclic) bond motifs is 2. The van der Waals surface area contributed by atoms with Gasteiger partial charge >= 0.3 is 0 Å².